The van der Waals surface area contributed by atoms with Gasteiger partial charge in [-0.05, 0) is 26.2 Å². The number of rotatable bonds is 6. The second-order valence-electron chi connectivity index (χ2n) is 5.94. The van der Waals surface area contributed by atoms with Crippen molar-refractivity contribution in [3.8, 4) is 5.75 Å². The quantitative estimate of drug-likeness (QED) is 0.454. The van der Waals surface area contributed by atoms with Crippen molar-refractivity contribution in [3.05, 3.63) is 30.3 Å². The Morgan fingerprint density at radius 2 is 2.00 bits per heavy atom. The molecule has 0 aliphatic carbocycles. The fourth-order valence-electron chi connectivity index (χ4n) is 2.61. The van der Waals surface area contributed by atoms with Crippen LogP contribution in [0.3, 0.4) is 0 Å². The maximum atomic E-state index is 5.67. The van der Waals surface area contributed by atoms with Crippen LogP contribution in [0.2, 0.25) is 0 Å². The molecule has 1 fully saturated rings. The van der Waals surface area contributed by atoms with Gasteiger partial charge < -0.3 is 20.3 Å². The summed E-state index contributed by atoms with van der Waals surface area (Å²) in [5, 5.41) is 6.69. The van der Waals surface area contributed by atoms with Crippen molar-refractivity contribution < 1.29 is 4.74 Å². The van der Waals surface area contributed by atoms with Crippen LogP contribution in [0.1, 0.15) is 0 Å². The van der Waals surface area contributed by atoms with Crippen LogP contribution in [0, 0.1) is 0 Å². The number of piperazine rings is 1. The van der Waals surface area contributed by atoms with Gasteiger partial charge in [-0.15, -0.1) is 0 Å². The summed E-state index contributed by atoms with van der Waals surface area (Å²) in [6.45, 7) is 5.54. The summed E-state index contributed by atoms with van der Waals surface area (Å²) in [4.78, 5) is 9.04. The molecule has 0 spiro atoms. The molecule has 1 aliphatic heterocycles. The Balaban J connectivity index is 1.65. The van der Waals surface area contributed by atoms with Crippen molar-refractivity contribution in [2.45, 2.75) is 6.04 Å². The number of hydrogen-bond acceptors (Lipinski definition) is 4. The van der Waals surface area contributed by atoms with Crippen molar-refractivity contribution in [1.29, 1.82) is 0 Å². The first-order valence-corrected chi connectivity index (χ1v) is 8.20. The predicted molar refractivity (Wildman–Crippen MR) is 95.2 cm³/mol. The van der Waals surface area contributed by atoms with Gasteiger partial charge in [-0.1, -0.05) is 18.2 Å². The zero-order valence-corrected chi connectivity index (χ0v) is 14.5. The molecule has 0 saturated carbocycles. The molecular weight excluding hydrogens is 290 g/mol. The summed E-state index contributed by atoms with van der Waals surface area (Å²) >= 11 is 0. The van der Waals surface area contributed by atoms with Crippen molar-refractivity contribution >= 4 is 5.96 Å². The molecule has 1 unspecified atom stereocenters. The van der Waals surface area contributed by atoms with E-state index in [9.17, 15) is 0 Å². The van der Waals surface area contributed by atoms with E-state index in [1.54, 1.807) is 7.05 Å². The minimum Gasteiger partial charge on any atom is -0.492 e. The predicted octanol–water partition coefficient (Wildman–Crippen LogP) is 0.476. The molecule has 1 aromatic carbocycles. The number of hydrogen-bond donors (Lipinski definition) is 2. The summed E-state index contributed by atoms with van der Waals surface area (Å²) in [7, 11) is 6.15. The molecule has 23 heavy (non-hydrogen) atoms. The zero-order chi connectivity index (χ0) is 16.5. The lowest BCUT2D eigenvalue weighted by atomic mass is 10.2. The monoisotopic (exact) mass is 319 g/mol. The highest BCUT2D eigenvalue weighted by Crippen LogP contribution is 2.07. The van der Waals surface area contributed by atoms with Crippen molar-refractivity contribution in [2.75, 3.05) is 60.5 Å². The molecule has 6 nitrogen and oxygen atoms in total. The van der Waals surface area contributed by atoms with Crippen LogP contribution in [0.15, 0.2) is 35.3 Å². The third-order valence-electron chi connectivity index (χ3n) is 4.12. The number of likely N-dealkylation sites (N-methyl/N-ethyl adjacent to an activating group) is 2. The van der Waals surface area contributed by atoms with E-state index in [0.29, 0.717) is 12.6 Å². The number of benzene rings is 1. The van der Waals surface area contributed by atoms with Crippen LogP contribution in [-0.4, -0.2) is 82.3 Å². The zero-order valence-electron chi connectivity index (χ0n) is 14.5. The summed E-state index contributed by atoms with van der Waals surface area (Å²) in [5.41, 5.74) is 0. The Morgan fingerprint density at radius 1 is 1.22 bits per heavy atom. The van der Waals surface area contributed by atoms with Gasteiger partial charge in [0.15, 0.2) is 5.96 Å². The highest BCUT2D eigenvalue weighted by atomic mass is 16.5. The maximum absolute atomic E-state index is 5.67. The van der Waals surface area contributed by atoms with Gasteiger partial charge in [-0.25, -0.2) is 0 Å². The molecule has 1 atom stereocenters. The number of nitrogens with one attached hydrogen (secondary N) is 2. The van der Waals surface area contributed by atoms with Gasteiger partial charge in [0.25, 0.3) is 0 Å². The van der Waals surface area contributed by atoms with Crippen LogP contribution >= 0.6 is 0 Å². The van der Waals surface area contributed by atoms with Crippen LogP contribution in [0.25, 0.3) is 0 Å². The molecule has 2 rings (SSSR count). The molecule has 1 heterocycles. The molecule has 1 saturated heterocycles. The van der Waals surface area contributed by atoms with Gasteiger partial charge in [-0.2, -0.15) is 0 Å². The fourth-order valence-corrected chi connectivity index (χ4v) is 2.61. The molecule has 2 N–H and O–H groups in total. The Morgan fingerprint density at radius 3 is 2.74 bits per heavy atom. The second kappa shape index (κ2) is 9.37. The third-order valence-corrected chi connectivity index (χ3v) is 4.12. The maximum Gasteiger partial charge on any atom is 0.191 e. The first-order valence-electron chi connectivity index (χ1n) is 8.20. The van der Waals surface area contributed by atoms with Gasteiger partial charge in [0.05, 0.1) is 6.54 Å². The minimum atomic E-state index is 0.507. The first-order chi connectivity index (χ1) is 11.2. The molecule has 1 aromatic rings. The summed E-state index contributed by atoms with van der Waals surface area (Å²) in [6, 6.07) is 10.4. The smallest absolute Gasteiger partial charge is 0.191 e. The summed E-state index contributed by atoms with van der Waals surface area (Å²) in [5.74, 6) is 1.72. The van der Waals surface area contributed by atoms with Crippen LogP contribution in [0.4, 0.5) is 0 Å². The van der Waals surface area contributed by atoms with E-state index in [0.717, 1.165) is 44.4 Å². The highest BCUT2D eigenvalue weighted by molar-refractivity contribution is 5.79. The van der Waals surface area contributed by atoms with E-state index in [2.05, 4.69) is 39.5 Å². The van der Waals surface area contributed by atoms with Gasteiger partial charge in [0.1, 0.15) is 12.4 Å². The van der Waals surface area contributed by atoms with E-state index in [-0.39, 0.29) is 0 Å². The third kappa shape index (κ3) is 6.08. The SMILES string of the molecule is CN=C(NCCOc1ccccc1)NCC1CN(C)CCN1C. The van der Waals surface area contributed by atoms with E-state index in [1.807, 2.05) is 30.3 Å². The minimum absolute atomic E-state index is 0.507. The van der Waals surface area contributed by atoms with Crippen LogP contribution in [0.5, 0.6) is 5.75 Å². The Bertz CT molecular complexity index is 479. The number of para-hydroxylation sites is 1. The molecule has 6 heteroatoms. The van der Waals surface area contributed by atoms with E-state index < -0.39 is 0 Å². The fraction of sp³-hybridized carbons (Fsp3) is 0.588. The molecular formula is C17H29N5O. The van der Waals surface area contributed by atoms with Gasteiger partial charge in [-0.3, -0.25) is 9.89 Å². The number of nitrogens with zero attached hydrogens (tertiary/aromatic N) is 3. The number of ether oxygens (including phenoxy) is 1. The lowest BCUT2D eigenvalue weighted by Gasteiger charge is -2.37. The van der Waals surface area contributed by atoms with E-state index in [1.165, 1.54) is 0 Å². The van der Waals surface area contributed by atoms with Crippen LogP contribution in [-0.2, 0) is 0 Å². The second-order valence-corrected chi connectivity index (χ2v) is 5.94. The molecule has 0 radical (unpaired) electrons. The van der Waals surface area contributed by atoms with E-state index in [4.69, 9.17) is 4.74 Å². The molecule has 1 aliphatic rings. The van der Waals surface area contributed by atoms with Crippen molar-refractivity contribution in [1.82, 2.24) is 20.4 Å². The molecule has 0 amide bonds. The summed E-state index contributed by atoms with van der Waals surface area (Å²) in [6.07, 6.45) is 0. The Kier molecular flexibility index (Phi) is 7.16. The van der Waals surface area contributed by atoms with Gasteiger partial charge >= 0.3 is 0 Å². The lowest BCUT2D eigenvalue weighted by Crippen LogP contribution is -2.55. The largest absolute Gasteiger partial charge is 0.492 e. The Labute approximate surface area is 139 Å². The molecule has 128 valence electrons. The lowest BCUT2D eigenvalue weighted by molar-refractivity contribution is 0.116. The summed E-state index contributed by atoms with van der Waals surface area (Å²) < 4.78 is 5.67. The normalized spacial score (nSPS) is 20.3. The average molecular weight is 319 g/mol. The first kappa shape index (κ1) is 17.6. The molecule has 0 aromatic heterocycles. The molecule has 0 bridgehead atoms. The topological polar surface area (TPSA) is 52.1 Å². The average Bonchev–Trinajstić information content (AvgIpc) is 2.58. The van der Waals surface area contributed by atoms with Gasteiger partial charge in [0.2, 0.25) is 0 Å². The Hall–Kier alpha value is -1.79. The van der Waals surface area contributed by atoms with Crippen molar-refractivity contribution in [2.24, 2.45) is 4.99 Å². The van der Waals surface area contributed by atoms with E-state index >= 15 is 0 Å². The highest BCUT2D eigenvalue weighted by Gasteiger charge is 2.21. The number of aliphatic imine (C=N–C) groups is 1. The van der Waals surface area contributed by atoms with Crippen molar-refractivity contribution in [3.63, 3.8) is 0 Å². The van der Waals surface area contributed by atoms with Gasteiger partial charge in [0, 0.05) is 39.3 Å². The number of guanidine groups is 1. The standard InChI is InChI=1S/C17H29N5O/c1-18-17(19-9-12-23-16-7-5-4-6-8-16)20-13-15-14-21(2)10-11-22(15)3/h4-8,15H,9-14H2,1-3H3,(H2,18,19,20). The van der Waals surface area contributed by atoms with Crippen LogP contribution < -0.4 is 15.4 Å².